The number of methoxy groups -OCH3 is 1. The predicted molar refractivity (Wildman–Crippen MR) is 91.6 cm³/mol. The Morgan fingerprint density at radius 2 is 2.00 bits per heavy atom. The van der Waals surface area contributed by atoms with Crippen molar-refractivity contribution in [3.8, 4) is 0 Å². The summed E-state index contributed by atoms with van der Waals surface area (Å²) in [6.45, 7) is 11.1. The van der Waals surface area contributed by atoms with E-state index in [0.29, 0.717) is 0 Å². The standard InChI is InChI=1S/C16H34N4O2/c1-4-17-16(18-9-6-13-22-5-2)19-10-11-20(12-14-21-3)15-7-8-15/h15H,4-14H2,1-3H3,(H2,17,18,19). The highest BCUT2D eigenvalue weighted by molar-refractivity contribution is 5.79. The minimum absolute atomic E-state index is 0.766. The van der Waals surface area contributed by atoms with E-state index in [0.717, 1.165) is 71.0 Å². The largest absolute Gasteiger partial charge is 0.383 e. The lowest BCUT2D eigenvalue weighted by molar-refractivity contribution is 0.144. The van der Waals surface area contributed by atoms with E-state index in [1.54, 1.807) is 7.11 Å². The molecule has 22 heavy (non-hydrogen) atoms. The summed E-state index contributed by atoms with van der Waals surface area (Å²) in [4.78, 5) is 7.09. The maximum atomic E-state index is 5.33. The highest BCUT2D eigenvalue weighted by atomic mass is 16.5. The minimum Gasteiger partial charge on any atom is -0.383 e. The van der Waals surface area contributed by atoms with E-state index in [-0.39, 0.29) is 0 Å². The number of guanidine groups is 1. The SMILES string of the molecule is CCNC(=NCCCOCC)NCCN(CCOC)C1CC1. The quantitative estimate of drug-likeness (QED) is 0.303. The average molecular weight is 314 g/mol. The lowest BCUT2D eigenvalue weighted by Gasteiger charge is -2.22. The fraction of sp³-hybridized carbons (Fsp3) is 0.938. The van der Waals surface area contributed by atoms with Crippen LogP contribution in [0.5, 0.6) is 0 Å². The van der Waals surface area contributed by atoms with Gasteiger partial charge >= 0.3 is 0 Å². The Morgan fingerprint density at radius 3 is 2.64 bits per heavy atom. The molecule has 0 aromatic heterocycles. The maximum absolute atomic E-state index is 5.33. The Bertz CT molecular complexity index is 296. The van der Waals surface area contributed by atoms with Crippen molar-refractivity contribution in [1.29, 1.82) is 0 Å². The molecule has 0 aromatic carbocycles. The minimum atomic E-state index is 0.766. The Morgan fingerprint density at radius 1 is 1.18 bits per heavy atom. The number of hydrogen-bond donors (Lipinski definition) is 2. The first-order chi connectivity index (χ1) is 10.8. The third kappa shape index (κ3) is 9.23. The lowest BCUT2D eigenvalue weighted by atomic mass is 10.4. The number of rotatable bonds is 13. The van der Waals surface area contributed by atoms with Gasteiger partial charge in [0.2, 0.25) is 0 Å². The fourth-order valence-electron chi connectivity index (χ4n) is 2.29. The van der Waals surface area contributed by atoms with E-state index in [1.165, 1.54) is 12.8 Å². The molecule has 2 N–H and O–H groups in total. The van der Waals surface area contributed by atoms with Crippen molar-refractivity contribution >= 4 is 5.96 Å². The van der Waals surface area contributed by atoms with Crippen LogP contribution in [0.3, 0.4) is 0 Å². The summed E-state index contributed by atoms with van der Waals surface area (Å²) in [5.41, 5.74) is 0. The van der Waals surface area contributed by atoms with Crippen molar-refractivity contribution in [2.24, 2.45) is 4.99 Å². The number of nitrogens with one attached hydrogen (secondary N) is 2. The Balaban J connectivity index is 2.22. The highest BCUT2D eigenvalue weighted by Crippen LogP contribution is 2.25. The van der Waals surface area contributed by atoms with Gasteiger partial charge in [0.15, 0.2) is 5.96 Å². The zero-order valence-corrected chi connectivity index (χ0v) is 14.6. The Kier molecular flexibility index (Phi) is 11.1. The smallest absolute Gasteiger partial charge is 0.191 e. The molecule has 1 saturated carbocycles. The van der Waals surface area contributed by atoms with E-state index in [9.17, 15) is 0 Å². The fourth-order valence-corrected chi connectivity index (χ4v) is 2.29. The van der Waals surface area contributed by atoms with Crippen LogP contribution in [-0.2, 0) is 9.47 Å². The number of aliphatic imine (C=N–C) groups is 1. The van der Waals surface area contributed by atoms with Crippen molar-refractivity contribution in [3.05, 3.63) is 0 Å². The molecule has 0 atom stereocenters. The van der Waals surface area contributed by atoms with Gasteiger partial charge in [-0.2, -0.15) is 0 Å². The molecule has 0 amide bonds. The van der Waals surface area contributed by atoms with Crippen molar-refractivity contribution in [2.45, 2.75) is 39.2 Å². The van der Waals surface area contributed by atoms with Gasteiger partial charge in [0.05, 0.1) is 6.61 Å². The maximum Gasteiger partial charge on any atom is 0.191 e. The molecule has 0 saturated heterocycles. The normalized spacial score (nSPS) is 15.4. The summed E-state index contributed by atoms with van der Waals surface area (Å²) in [6, 6.07) is 0.766. The molecular formula is C16H34N4O2. The molecule has 6 nitrogen and oxygen atoms in total. The van der Waals surface area contributed by atoms with Gasteiger partial charge in [0.25, 0.3) is 0 Å². The third-order valence-electron chi connectivity index (χ3n) is 3.60. The lowest BCUT2D eigenvalue weighted by Crippen LogP contribution is -2.42. The molecule has 0 bridgehead atoms. The molecule has 6 heteroatoms. The van der Waals surface area contributed by atoms with Crippen molar-refractivity contribution in [2.75, 3.05) is 59.7 Å². The van der Waals surface area contributed by atoms with Gasteiger partial charge in [0, 0.05) is 59.1 Å². The molecule has 0 unspecified atom stereocenters. The molecule has 0 aromatic rings. The molecule has 1 aliphatic rings. The van der Waals surface area contributed by atoms with E-state index >= 15 is 0 Å². The number of hydrogen-bond acceptors (Lipinski definition) is 4. The molecular weight excluding hydrogens is 280 g/mol. The topological polar surface area (TPSA) is 58.1 Å². The van der Waals surface area contributed by atoms with E-state index in [4.69, 9.17) is 9.47 Å². The Hall–Kier alpha value is -0.850. The van der Waals surface area contributed by atoms with Crippen LogP contribution in [-0.4, -0.2) is 76.6 Å². The van der Waals surface area contributed by atoms with Crippen LogP contribution in [0.25, 0.3) is 0 Å². The van der Waals surface area contributed by atoms with Crippen LogP contribution in [0.15, 0.2) is 4.99 Å². The van der Waals surface area contributed by atoms with Crippen LogP contribution in [0.2, 0.25) is 0 Å². The second-order valence-corrected chi connectivity index (χ2v) is 5.50. The van der Waals surface area contributed by atoms with E-state index in [2.05, 4.69) is 27.4 Å². The van der Waals surface area contributed by atoms with Crippen molar-refractivity contribution in [1.82, 2.24) is 15.5 Å². The molecule has 0 aliphatic heterocycles. The summed E-state index contributed by atoms with van der Waals surface area (Å²) < 4.78 is 10.5. The van der Waals surface area contributed by atoms with Gasteiger partial charge in [-0.25, -0.2) is 0 Å². The average Bonchev–Trinajstić information content (AvgIpc) is 3.35. The Labute approximate surface area is 135 Å². The summed E-state index contributed by atoms with van der Waals surface area (Å²) in [5.74, 6) is 0.904. The predicted octanol–water partition coefficient (Wildman–Crippen LogP) is 1.08. The van der Waals surface area contributed by atoms with Crippen LogP contribution in [0.4, 0.5) is 0 Å². The number of nitrogens with zero attached hydrogens (tertiary/aromatic N) is 2. The molecule has 1 fully saturated rings. The zero-order chi connectivity index (χ0) is 16.0. The summed E-state index contributed by atoms with van der Waals surface area (Å²) in [7, 11) is 1.77. The van der Waals surface area contributed by atoms with Gasteiger partial charge < -0.3 is 20.1 Å². The van der Waals surface area contributed by atoms with Gasteiger partial charge in [-0.15, -0.1) is 0 Å². The molecule has 1 rings (SSSR count). The monoisotopic (exact) mass is 314 g/mol. The summed E-state index contributed by atoms with van der Waals surface area (Å²) >= 11 is 0. The first-order valence-electron chi connectivity index (χ1n) is 8.64. The summed E-state index contributed by atoms with van der Waals surface area (Å²) in [6.07, 6.45) is 3.62. The van der Waals surface area contributed by atoms with E-state index < -0.39 is 0 Å². The van der Waals surface area contributed by atoms with Crippen LogP contribution in [0, 0.1) is 0 Å². The van der Waals surface area contributed by atoms with Crippen molar-refractivity contribution in [3.63, 3.8) is 0 Å². The molecule has 0 spiro atoms. The van der Waals surface area contributed by atoms with Gasteiger partial charge in [-0.1, -0.05) is 0 Å². The van der Waals surface area contributed by atoms with Crippen LogP contribution < -0.4 is 10.6 Å². The molecule has 0 radical (unpaired) electrons. The van der Waals surface area contributed by atoms with E-state index in [1.807, 2.05) is 6.92 Å². The van der Waals surface area contributed by atoms with Crippen LogP contribution in [0.1, 0.15) is 33.1 Å². The first kappa shape index (κ1) is 19.2. The molecule has 1 aliphatic carbocycles. The second-order valence-electron chi connectivity index (χ2n) is 5.50. The van der Waals surface area contributed by atoms with Gasteiger partial charge in [-0.05, 0) is 33.1 Å². The van der Waals surface area contributed by atoms with Gasteiger partial charge in [0.1, 0.15) is 0 Å². The third-order valence-corrected chi connectivity index (χ3v) is 3.60. The van der Waals surface area contributed by atoms with Crippen molar-refractivity contribution < 1.29 is 9.47 Å². The first-order valence-corrected chi connectivity index (χ1v) is 8.64. The van der Waals surface area contributed by atoms with Crippen LogP contribution >= 0.6 is 0 Å². The molecule has 0 heterocycles. The number of ether oxygens (including phenoxy) is 2. The highest BCUT2D eigenvalue weighted by Gasteiger charge is 2.28. The zero-order valence-electron chi connectivity index (χ0n) is 14.6. The second kappa shape index (κ2) is 12.7. The summed E-state index contributed by atoms with van der Waals surface area (Å²) in [5, 5.41) is 6.71. The molecule has 130 valence electrons. The van der Waals surface area contributed by atoms with Gasteiger partial charge in [-0.3, -0.25) is 9.89 Å².